The molecule has 0 aliphatic carbocycles. The minimum absolute atomic E-state index is 0.0467. The molecule has 7 atom stereocenters. The van der Waals surface area contributed by atoms with Crippen LogP contribution in [0.4, 0.5) is 0 Å². The van der Waals surface area contributed by atoms with E-state index < -0.39 is 108 Å². The number of para-hydroxylation sites is 1. The number of amides is 8. The van der Waals surface area contributed by atoms with Gasteiger partial charge in [0.05, 0.1) is 6.42 Å². The molecule has 1 aliphatic heterocycles. The molecule has 71 heavy (non-hydrogen) atoms. The van der Waals surface area contributed by atoms with E-state index in [9.17, 15) is 43.2 Å². The van der Waals surface area contributed by atoms with Crippen molar-refractivity contribution in [2.24, 2.45) is 27.9 Å². The minimum Gasteiger partial charge on any atom is -0.371 e. The molecule has 24 heteroatoms. The van der Waals surface area contributed by atoms with Gasteiger partial charge in [0.1, 0.15) is 42.3 Å². The van der Waals surface area contributed by atoms with Gasteiger partial charge in [-0.05, 0) is 55.7 Å². The zero-order chi connectivity index (χ0) is 51.9. The zero-order valence-corrected chi connectivity index (χ0v) is 40.1. The minimum atomic E-state index is -1.65. The molecule has 24 nitrogen and oxygen atoms in total. The van der Waals surface area contributed by atoms with E-state index in [1.54, 1.807) is 36.5 Å². The summed E-state index contributed by atoms with van der Waals surface area (Å²) in [7, 11) is 0. The molecule has 386 valence electrons. The summed E-state index contributed by atoms with van der Waals surface area (Å²) >= 11 is 0. The van der Waals surface area contributed by atoms with E-state index in [1.165, 1.54) is 6.92 Å². The number of unbranched alkanes of at least 4 members (excludes halogenated alkanes) is 1. The summed E-state index contributed by atoms with van der Waals surface area (Å²) < 4.78 is 0. The Morgan fingerprint density at radius 3 is 2.08 bits per heavy atom. The van der Waals surface area contributed by atoms with Crippen molar-refractivity contribution in [3.8, 4) is 0 Å². The molecule has 17 N–H and O–H groups in total. The fourth-order valence-electron chi connectivity index (χ4n) is 7.73. The molecule has 1 aromatic heterocycles. The lowest BCUT2D eigenvalue weighted by Gasteiger charge is -2.28. The molecule has 0 saturated carbocycles. The van der Waals surface area contributed by atoms with Crippen LogP contribution in [0.3, 0.4) is 0 Å². The van der Waals surface area contributed by atoms with Crippen LogP contribution in [0.15, 0.2) is 65.8 Å². The maximum absolute atomic E-state index is 14.5. The van der Waals surface area contributed by atoms with Gasteiger partial charge in [-0.3, -0.25) is 48.1 Å². The molecule has 2 heterocycles. The van der Waals surface area contributed by atoms with Crippen LogP contribution in [-0.2, 0) is 60.8 Å². The van der Waals surface area contributed by atoms with Crippen molar-refractivity contribution >= 4 is 70.1 Å². The number of guanidine groups is 1. The quantitative estimate of drug-likeness (QED) is 0.0407. The summed E-state index contributed by atoms with van der Waals surface area (Å²) in [6.45, 7) is 2.70. The highest BCUT2D eigenvalue weighted by Gasteiger charge is 2.35. The SMILES string of the molecule is CCCC[C@H](NC(C)=O)C(=O)N[C@H]1CC(=O)ONCCCC[C@@H](C(N)=O)NC(=O)[C@H](Cc2c[nH]c3ccccc23)NC(=O)[C@H](CCCN=C(N)N)NC(=O)[C@@H](Cc2ccccc2)NC(=O)[C@H](CN)NC1=O. The first-order valence-corrected chi connectivity index (χ1v) is 23.6. The number of carbonyl (C=O) groups excluding carboxylic acids is 9. The smallest absolute Gasteiger partial charge is 0.327 e. The number of aromatic nitrogens is 1. The fourth-order valence-corrected chi connectivity index (χ4v) is 7.73. The van der Waals surface area contributed by atoms with Gasteiger partial charge in [0.2, 0.25) is 47.3 Å². The lowest BCUT2D eigenvalue weighted by molar-refractivity contribution is -0.153. The van der Waals surface area contributed by atoms with Crippen molar-refractivity contribution in [3.05, 3.63) is 71.9 Å². The molecule has 0 spiro atoms. The number of nitrogens with zero attached hydrogens (tertiary/aromatic N) is 1. The van der Waals surface area contributed by atoms with Crippen LogP contribution in [0.25, 0.3) is 10.9 Å². The number of aliphatic imine (C=N–C) groups is 1. The second-order valence-corrected chi connectivity index (χ2v) is 17.2. The summed E-state index contributed by atoms with van der Waals surface area (Å²) in [5, 5.41) is 19.0. The first-order chi connectivity index (χ1) is 34.0. The summed E-state index contributed by atoms with van der Waals surface area (Å²) in [5.41, 5.74) is 27.4. The van der Waals surface area contributed by atoms with Crippen molar-refractivity contribution in [1.82, 2.24) is 47.7 Å². The molecule has 1 saturated heterocycles. The van der Waals surface area contributed by atoms with E-state index in [0.717, 1.165) is 10.9 Å². The number of primary amides is 1. The van der Waals surface area contributed by atoms with Gasteiger partial charge < -0.3 is 70.0 Å². The number of rotatable bonds is 16. The van der Waals surface area contributed by atoms with Crippen LogP contribution < -0.4 is 65.6 Å². The second kappa shape index (κ2) is 28.8. The van der Waals surface area contributed by atoms with Crippen molar-refractivity contribution < 1.29 is 48.0 Å². The molecule has 3 aromatic rings. The van der Waals surface area contributed by atoms with Crippen molar-refractivity contribution in [1.29, 1.82) is 0 Å². The Labute approximate surface area is 411 Å². The standard InChI is InChI=1S/C47H68N14O10/c1-3-4-16-33(55-27(2)62)41(65)60-37-24-39(63)71-54-21-11-10-18-32(40(49)64)56-44(68)36(23-29-26-53-31-17-9-8-15-30(29)31)59-42(66)34(19-12-20-52-47(50)51)57-43(67)35(22-28-13-6-5-7-14-28)58-46(70)38(25-48)61-45(37)69/h5-9,13-15,17,26,32-38,53-54H,3-4,10-12,16,18-25,48H2,1-2H3,(H2,49,64)(H,55,62)(H,56,68)(H,57,67)(H,58,70)(H,59,66)(H,60,65)(H,61,69)(H4,50,51,52)/t32-,33-,34-,35+,36-,37-,38-/m0/s1. The predicted octanol–water partition coefficient (Wildman–Crippen LogP) is -2.32. The number of hydrogen-bond acceptors (Lipinski definition) is 13. The Bertz CT molecular complexity index is 2340. The Morgan fingerprint density at radius 2 is 1.41 bits per heavy atom. The highest BCUT2D eigenvalue weighted by molar-refractivity contribution is 5.98. The van der Waals surface area contributed by atoms with Crippen molar-refractivity contribution in [2.45, 2.75) is 127 Å². The molecule has 2 aromatic carbocycles. The molecule has 4 rings (SSSR count). The van der Waals surface area contributed by atoms with E-state index in [1.807, 2.05) is 31.2 Å². The van der Waals surface area contributed by atoms with E-state index in [-0.39, 0.29) is 64.0 Å². The first-order valence-electron chi connectivity index (χ1n) is 23.6. The number of hydroxylamine groups is 1. The van der Waals surface area contributed by atoms with Gasteiger partial charge in [-0.25, -0.2) is 0 Å². The van der Waals surface area contributed by atoms with Gasteiger partial charge in [0.15, 0.2) is 5.96 Å². The summed E-state index contributed by atoms with van der Waals surface area (Å²) in [6.07, 6.45) is 2.93. The number of nitrogens with one attached hydrogen (secondary N) is 9. The number of fused-ring (bicyclic) bond motifs is 1. The lowest BCUT2D eigenvalue weighted by Crippen LogP contribution is -2.61. The van der Waals surface area contributed by atoms with Crippen LogP contribution in [0.5, 0.6) is 0 Å². The van der Waals surface area contributed by atoms with Crippen LogP contribution >= 0.6 is 0 Å². The molecule has 1 fully saturated rings. The number of carbonyl (C=O) groups is 9. The molecule has 0 bridgehead atoms. The van der Waals surface area contributed by atoms with E-state index in [4.69, 9.17) is 27.8 Å². The molecular formula is C47H68N14O10. The number of nitrogens with two attached hydrogens (primary N) is 4. The Hall–Kier alpha value is -7.60. The van der Waals surface area contributed by atoms with Crippen molar-refractivity contribution in [3.63, 3.8) is 0 Å². The monoisotopic (exact) mass is 989 g/mol. The van der Waals surface area contributed by atoms with Gasteiger partial charge in [-0.2, -0.15) is 5.48 Å². The highest BCUT2D eigenvalue weighted by atomic mass is 16.7. The normalized spacial score (nSPS) is 21.9. The Kier molecular flexibility index (Phi) is 22.7. The van der Waals surface area contributed by atoms with E-state index >= 15 is 0 Å². The van der Waals surface area contributed by atoms with Gasteiger partial charge >= 0.3 is 5.97 Å². The van der Waals surface area contributed by atoms with Gasteiger partial charge in [-0.15, -0.1) is 0 Å². The third-order valence-corrected chi connectivity index (χ3v) is 11.5. The average molecular weight is 989 g/mol. The first kappa shape index (κ1) is 56.0. The second-order valence-electron chi connectivity index (χ2n) is 17.2. The summed E-state index contributed by atoms with van der Waals surface area (Å²) in [4.78, 5) is 135. The fraction of sp³-hybridized carbons (Fsp3) is 0.489. The van der Waals surface area contributed by atoms with Gasteiger partial charge in [0, 0.05) is 56.5 Å². The maximum Gasteiger partial charge on any atom is 0.327 e. The lowest BCUT2D eigenvalue weighted by atomic mass is 10.0. The van der Waals surface area contributed by atoms with Crippen LogP contribution in [0.1, 0.15) is 82.8 Å². The van der Waals surface area contributed by atoms with Crippen LogP contribution in [0.2, 0.25) is 0 Å². The van der Waals surface area contributed by atoms with Crippen LogP contribution in [-0.4, -0.2) is 126 Å². The third-order valence-electron chi connectivity index (χ3n) is 11.5. The number of H-pyrrole nitrogens is 1. The Balaban J connectivity index is 1.73. The molecule has 0 unspecified atom stereocenters. The maximum atomic E-state index is 14.5. The Morgan fingerprint density at radius 1 is 0.775 bits per heavy atom. The van der Waals surface area contributed by atoms with Crippen LogP contribution in [0, 0.1) is 0 Å². The van der Waals surface area contributed by atoms with Gasteiger partial charge in [-0.1, -0.05) is 68.3 Å². The molecule has 0 radical (unpaired) electrons. The highest BCUT2D eigenvalue weighted by Crippen LogP contribution is 2.20. The molecular weight excluding hydrogens is 921 g/mol. The number of benzene rings is 2. The van der Waals surface area contributed by atoms with Gasteiger partial charge in [0.25, 0.3) is 0 Å². The van der Waals surface area contributed by atoms with E-state index in [0.29, 0.717) is 30.4 Å². The van der Waals surface area contributed by atoms with E-state index in [2.05, 4.69) is 52.7 Å². The largest absolute Gasteiger partial charge is 0.371 e. The summed E-state index contributed by atoms with van der Waals surface area (Å²) in [6, 6.07) is 6.36. The average Bonchev–Trinajstić information content (AvgIpc) is 3.74. The number of aromatic amines is 1. The topological polar surface area (TPSA) is 391 Å². The third kappa shape index (κ3) is 18.7. The molecule has 1 aliphatic rings. The zero-order valence-electron chi connectivity index (χ0n) is 40.1. The number of hydrogen-bond donors (Lipinski definition) is 13. The summed E-state index contributed by atoms with van der Waals surface area (Å²) in [5.74, 6) is -7.69. The molecule has 8 amide bonds. The van der Waals surface area contributed by atoms with Crippen molar-refractivity contribution in [2.75, 3.05) is 19.6 Å². The predicted molar refractivity (Wildman–Crippen MR) is 262 cm³/mol.